The highest BCUT2D eigenvalue weighted by atomic mass is 35.5. The van der Waals surface area contributed by atoms with Gasteiger partial charge in [0.05, 0.1) is 0 Å². The molecule has 1 heterocycles. The molecule has 0 bridgehead atoms. The van der Waals surface area contributed by atoms with E-state index in [0.717, 1.165) is 45.2 Å². The number of likely N-dealkylation sites (tertiary alicyclic amines) is 1. The number of hydrogen-bond donors (Lipinski definition) is 2. The van der Waals surface area contributed by atoms with Crippen LogP contribution in [0.3, 0.4) is 0 Å². The minimum atomic E-state index is 0. The van der Waals surface area contributed by atoms with Crippen molar-refractivity contribution in [1.82, 2.24) is 10.2 Å². The molecule has 19 heavy (non-hydrogen) atoms. The van der Waals surface area contributed by atoms with E-state index in [9.17, 15) is 9.59 Å². The first-order valence-corrected chi connectivity index (χ1v) is 6.98. The number of hydrogen-bond acceptors (Lipinski definition) is 3. The van der Waals surface area contributed by atoms with Gasteiger partial charge >= 0.3 is 0 Å². The van der Waals surface area contributed by atoms with Crippen LogP contribution in [0.25, 0.3) is 0 Å². The Morgan fingerprint density at radius 3 is 2.79 bits per heavy atom. The van der Waals surface area contributed by atoms with Gasteiger partial charge in [-0.1, -0.05) is 6.42 Å². The number of amides is 2. The minimum absolute atomic E-state index is 0. The van der Waals surface area contributed by atoms with E-state index in [0.29, 0.717) is 25.9 Å². The summed E-state index contributed by atoms with van der Waals surface area (Å²) in [5.41, 5.74) is 5.34. The molecule has 0 aromatic heterocycles. The van der Waals surface area contributed by atoms with Crippen LogP contribution in [0.1, 0.15) is 44.9 Å². The largest absolute Gasteiger partial charge is 0.356 e. The number of carbonyl (C=O) groups excluding carboxylic acids is 2. The lowest BCUT2D eigenvalue weighted by atomic mass is 10.2. The van der Waals surface area contributed by atoms with Crippen LogP contribution >= 0.6 is 12.4 Å². The maximum Gasteiger partial charge on any atom is 0.222 e. The lowest BCUT2D eigenvalue weighted by Crippen LogP contribution is -2.34. The van der Waals surface area contributed by atoms with Gasteiger partial charge in [-0.15, -0.1) is 12.4 Å². The number of halogens is 1. The Bertz CT molecular complexity index is 275. The average Bonchev–Trinajstić information content (AvgIpc) is 2.57. The van der Waals surface area contributed by atoms with Gasteiger partial charge in [-0.25, -0.2) is 0 Å². The highest BCUT2D eigenvalue weighted by Crippen LogP contribution is 2.11. The molecule has 1 aliphatic heterocycles. The van der Waals surface area contributed by atoms with Crippen LogP contribution in [-0.4, -0.2) is 42.9 Å². The fraction of sp³-hybridized carbons (Fsp3) is 0.846. The average molecular weight is 292 g/mol. The summed E-state index contributed by atoms with van der Waals surface area (Å²) in [6.45, 7) is 2.83. The lowest BCUT2D eigenvalue weighted by molar-refractivity contribution is -0.130. The first kappa shape index (κ1) is 18.2. The molecular weight excluding hydrogens is 266 g/mol. The zero-order valence-corrected chi connectivity index (χ0v) is 12.3. The summed E-state index contributed by atoms with van der Waals surface area (Å²) in [6.07, 6.45) is 6.02. The number of rotatable bonds is 7. The molecule has 0 atom stereocenters. The van der Waals surface area contributed by atoms with Crippen molar-refractivity contribution in [2.75, 3.05) is 26.2 Å². The Morgan fingerprint density at radius 1 is 1.26 bits per heavy atom. The Kier molecular flexibility index (Phi) is 10.6. The molecule has 0 aromatic rings. The van der Waals surface area contributed by atoms with Crippen molar-refractivity contribution in [3.63, 3.8) is 0 Å². The molecule has 5 nitrogen and oxygen atoms in total. The van der Waals surface area contributed by atoms with Crippen LogP contribution in [0, 0.1) is 0 Å². The van der Waals surface area contributed by atoms with Gasteiger partial charge in [0.1, 0.15) is 0 Å². The standard InChI is InChI=1S/C13H25N3O2.ClH/c14-8-4-6-12(17)15-9-5-11-16-10-3-1-2-7-13(16)18;/h1-11,14H2,(H,15,17);1H. The Morgan fingerprint density at radius 2 is 2.05 bits per heavy atom. The second-order valence-corrected chi connectivity index (χ2v) is 4.79. The normalized spacial score (nSPS) is 15.6. The highest BCUT2D eigenvalue weighted by Gasteiger charge is 2.15. The van der Waals surface area contributed by atoms with Gasteiger partial charge in [0.15, 0.2) is 0 Å². The summed E-state index contributed by atoms with van der Waals surface area (Å²) in [5.74, 6) is 0.324. The van der Waals surface area contributed by atoms with Crippen LogP contribution < -0.4 is 11.1 Å². The van der Waals surface area contributed by atoms with E-state index in [-0.39, 0.29) is 24.2 Å². The number of nitrogens with zero attached hydrogens (tertiary/aromatic N) is 1. The van der Waals surface area contributed by atoms with Crippen LogP contribution in [0.4, 0.5) is 0 Å². The van der Waals surface area contributed by atoms with E-state index in [1.807, 2.05) is 4.90 Å². The van der Waals surface area contributed by atoms with Crippen molar-refractivity contribution in [2.45, 2.75) is 44.9 Å². The second-order valence-electron chi connectivity index (χ2n) is 4.79. The Balaban J connectivity index is 0.00000324. The Labute approximate surface area is 121 Å². The van der Waals surface area contributed by atoms with Crippen LogP contribution in [0.15, 0.2) is 0 Å². The molecular formula is C13H26ClN3O2. The maximum absolute atomic E-state index is 11.7. The molecule has 0 spiro atoms. The first-order chi connectivity index (χ1) is 8.74. The SMILES string of the molecule is Cl.NCCCC(=O)NCCCN1CCCCCC1=O. The van der Waals surface area contributed by atoms with Gasteiger partial charge in [-0.2, -0.15) is 0 Å². The van der Waals surface area contributed by atoms with Crippen molar-refractivity contribution < 1.29 is 9.59 Å². The zero-order chi connectivity index (χ0) is 13.2. The fourth-order valence-electron chi connectivity index (χ4n) is 2.12. The monoisotopic (exact) mass is 291 g/mol. The van der Waals surface area contributed by atoms with Gasteiger partial charge in [0, 0.05) is 32.5 Å². The number of nitrogens with one attached hydrogen (secondary N) is 1. The smallest absolute Gasteiger partial charge is 0.222 e. The summed E-state index contributed by atoms with van der Waals surface area (Å²) in [7, 11) is 0. The lowest BCUT2D eigenvalue weighted by Gasteiger charge is -2.20. The molecule has 3 N–H and O–H groups in total. The van der Waals surface area contributed by atoms with Gasteiger partial charge in [-0.05, 0) is 32.2 Å². The number of carbonyl (C=O) groups is 2. The highest BCUT2D eigenvalue weighted by molar-refractivity contribution is 5.85. The minimum Gasteiger partial charge on any atom is -0.356 e. The molecule has 0 aromatic carbocycles. The van der Waals surface area contributed by atoms with E-state index in [1.54, 1.807) is 0 Å². The third-order valence-electron chi connectivity index (χ3n) is 3.21. The van der Waals surface area contributed by atoms with E-state index in [4.69, 9.17) is 5.73 Å². The summed E-state index contributed by atoms with van der Waals surface area (Å²) < 4.78 is 0. The molecule has 0 aliphatic carbocycles. The van der Waals surface area contributed by atoms with Gasteiger partial charge < -0.3 is 16.0 Å². The third kappa shape index (κ3) is 8.06. The maximum atomic E-state index is 11.7. The van der Waals surface area contributed by atoms with E-state index < -0.39 is 0 Å². The van der Waals surface area contributed by atoms with Crippen molar-refractivity contribution in [2.24, 2.45) is 5.73 Å². The molecule has 112 valence electrons. The molecule has 0 saturated carbocycles. The molecule has 0 unspecified atom stereocenters. The predicted molar refractivity (Wildman–Crippen MR) is 78.2 cm³/mol. The first-order valence-electron chi connectivity index (χ1n) is 6.98. The molecule has 6 heteroatoms. The number of nitrogens with two attached hydrogens (primary N) is 1. The molecule has 1 fully saturated rings. The molecule has 0 radical (unpaired) electrons. The van der Waals surface area contributed by atoms with Crippen molar-refractivity contribution >= 4 is 24.2 Å². The van der Waals surface area contributed by atoms with Crippen molar-refractivity contribution in [1.29, 1.82) is 0 Å². The summed E-state index contributed by atoms with van der Waals surface area (Å²) in [6, 6.07) is 0. The van der Waals surface area contributed by atoms with Gasteiger partial charge in [0.25, 0.3) is 0 Å². The van der Waals surface area contributed by atoms with E-state index in [2.05, 4.69) is 5.32 Å². The summed E-state index contributed by atoms with van der Waals surface area (Å²) in [4.78, 5) is 25.0. The Hall–Kier alpha value is -0.810. The van der Waals surface area contributed by atoms with Crippen LogP contribution in [0.2, 0.25) is 0 Å². The summed E-state index contributed by atoms with van der Waals surface area (Å²) >= 11 is 0. The van der Waals surface area contributed by atoms with Gasteiger partial charge in [0.2, 0.25) is 11.8 Å². The zero-order valence-electron chi connectivity index (χ0n) is 11.5. The van der Waals surface area contributed by atoms with Crippen molar-refractivity contribution in [3.8, 4) is 0 Å². The third-order valence-corrected chi connectivity index (χ3v) is 3.21. The summed E-state index contributed by atoms with van der Waals surface area (Å²) in [5, 5.41) is 2.86. The molecule has 1 aliphatic rings. The quantitative estimate of drug-likeness (QED) is 0.689. The second kappa shape index (κ2) is 11.1. The molecule has 1 saturated heterocycles. The van der Waals surface area contributed by atoms with Crippen molar-refractivity contribution in [3.05, 3.63) is 0 Å². The van der Waals surface area contributed by atoms with Crippen LogP contribution in [-0.2, 0) is 9.59 Å². The predicted octanol–water partition coefficient (Wildman–Crippen LogP) is 1.06. The van der Waals surface area contributed by atoms with Crippen LogP contribution in [0.5, 0.6) is 0 Å². The topological polar surface area (TPSA) is 75.4 Å². The van der Waals surface area contributed by atoms with E-state index >= 15 is 0 Å². The molecule has 1 rings (SSSR count). The van der Waals surface area contributed by atoms with E-state index in [1.165, 1.54) is 0 Å². The van der Waals surface area contributed by atoms with Gasteiger partial charge in [-0.3, -0.25) is 9.59 Å². The molecule has 2 amide bonds. The fourth-order valence-corrected chi connectivity index (χ4v) is 2.12.